The van der Waals surface area contributed by atoms with Gasteiger partial charge in [0.1, 0.15) is 0 Å². The van der Waals surface area contributed by atoms with Crippen LogP contribution in [0.1, 0.15) is 79.0 Å². The minimum atomic E-state index is -1.45. The molecule has 0 aromatic heterocycles. The zero-order valence-corrected chi connectivity index (χ0v) is 36.7. The topological polar surface area (TPSA) is 0 Å². The molecule has 0 unspecified atom stereocenters. The first-order chi connectivity index (χ1) is 26.3. The van der Waals surface area contributed by atoms with Crippen molar-refractivity contribution in [2.24, 2.45) is 0 Å². The van der Waals surface area contributed by atoms with Crippen molar-refractivity contribution in [2.45, 2.75) is 98.2 Å². The minimum absolute atomic E-state index is 0.0896. The summed E-state index contributed by atoms with van der Waals surface area (Å²) in [4.78, 5) is 0. The van der Waals surface area contributed by atoms with E-state index in [1.54, 1.807) is 0 Å². The molecule has 0 aliphatic carbocycles. The first-order valence-corrected chi connectivity index (χ1v) is 24.0. The predicted octanol–water partition coefficient (Wildman–Crippen LogP) is 15.7. The SMILES string of the molecule is CC(C)(C)c1ccc(-c2cc(-c3ccc(C(C)(C)C)cc3)c3ccc4c(-c5ccc([Si](C)(C)C)cc5)cc(-c5ccc(C(C)(C)C)cc5)c5ccc2c3c54)cc1. The van der Waals surface area contributed by atoms with Crippen molar-refractivity contribution in [3.05, 3.63) is 150 Å². The van der Waals surface area contributed by atoms with Crippen molar-refractivity contribution in [3.63, 3.8) is 0 Å². The van der Waals surface area contributed by atoms with E-state index in [0.29, 0.717) is 0 Å². The van der Waals surface area contributed by atoms with E-state index in [9.17, 15) is 0 Å². The Morgan fingerprint density at radius 2 is 0.536 bits per heavy atom. The Labute approximate surface area is 337 Å². The van der Waals surface area contributed by atoms with Crippen molar-refractivity contribution in [1.29, 1.82) is 0 Å². The van der Waals surface area contributed by atoms with Crippen LogP contribution >= 0.6 is 0 Å². The Balaban J connectivity index is 1.48. The van der Waals surface area contributed by atoms with Crippen LogP contribution in [0.15, 0.2) is 133 Å². The fourth-order valence-electron chi connectivity index (χ4n) is 8.55. The van der Waals surface area contributed by atoms with Crippen LogP contribution < -0.4 is 5.19 Å². The highest BCUT2D eigenvalue weighted by Crippen LogP contribution is 2.49. The normalized spacial score (nSPS) is 13.0. The molecule has 282 valence electrons. The number of rotatable bonds is 5. The van der Waals surface area contributed by atoms with E-state index in [2.05, 4.69) is 215 Å². The molecule has 0 amide bonds. The maximum Gasteiger partial charge on any atom is 0.0775 e. The fourth-order valence-corrected chi connectivity index (χ4v) is 9.71. The van der Waals surface area contributed by atoms with Gasteiger partial charge < -0.3 is 0 Å². The molecule has 0 aliphatic rings. The van der Waals surface area contributed by atoms with Crippen molar-refractivity contribution < 1.29 is 0 Å². The van der Waals surface area contributed by atoms with Crippen LogP contribution in [0.2, 0.25) is 19.6 Å². The highest BCUT2D eigenvalue weighted by Gasteiger charge is 2.23. The quantitative estimate of drug-likeness (QED) is 0.122. The van der Waals surface area contributed by atoms with E-state index in [0.717, 1.165) is 0 Å². The lowest BCUT2D eigenvalue weighted by molar-refractivity contribution is 0.590. The van der Waals surface area contributed by atoms with Gasteiger partial charge >= 0.3 is 0 Å². The molecule has 8 rings (SSSR count). The second-order valence-corrected chi connectivity index (χ2v) is 25.4. The lowest BCUT2D eigenvalue weighted by atomic mass is 9.80. The zero-order chi connectivity index (χ0) is 39.9. The molecule has 0 radical (unpaired) electrons. The maximum absolute atomic E-state index is 2.47. The van der Waals surface area contributed by atoms with E-state index in [1.807, 2.05) is 0 Å². The Morgan fingerprint density at radius 1 is 0.304 bits per heavy atom. The van der Waals surface area contributed by atoms with E-state index in [1.165, 1.54) is 98.7 Å². The third-order valence-electron chi connectivity index (χ3n) is 12.1. The van der Waals surface area contributed by atoms with E-state index >= 15 is 0 Å². The van der Waals surface area contributed by atoms with Crippen LogP contribution in [-0.2, 0) is 16.2 Å². The summed E-state index contributed by atoms with van der Waals surface area (Å²) in [6.45, 7) is 27.9. The molecule has 0 saturated carbocycles. The average Bonchev–Trinajstić information content (AvgIpc) is 3.15. The summed E-state index contributed by atoms with van der Waals surface area (Å²) >= 11 is 0. The Hall–Kier alpha value is -4.98. The average molecular weight is 747 g/mol. The second-order valence-electron chi connectivity index (χ2n) is 20.3. The molecule has 1 heteroatoms. The molecule has 0 spiro atoms. The molecule has 0 atom stereocenters. The molecular formula is C55H58Si. The van der Waals surface area contributed by atoms with Gasteiger partial charge in [0, 0.05) is 0 Å². The smallest absolute Gasteiger partial charge is 0.0656 e. The molecule has 0 aliphatic heterocycles. The largest absolute Gasteiger partial charge is 0.0775 e. The molecule has 0 saturated heterocycles. The van der Waals surface area contributed by atoms with Gasteiger partial charge in [0.25, 0.3) is 0 Å². The van der Waals surface area contributed by atoms with Crippen molar-refractivity contribution in [3.8, 4) is 44.5 Å². The molecule has 0 bridgehead atoms. The fraction of sp³-hybridized carbons (Fsp3) is 0.273. The van der Waals surface area contributed by atoms with E-state index in [-0.39, 0.29) is 16.2 Å². The highest BCUT2D eigenvalue weighted by molar-refractivity contribution is 6.88. The van der Waals surface area contributed by atoms with Gasteiger partial charge in [0.2, 0.25) is 0 Å². The summed E-state index contributed by atoms with van der Waals surface area (Å²) < 4.78 is 0. The molecule has 0 fully saturated rings. The predicted molar refractivity (Wildman–Crippen MR) is 251 cm³/mol. The molecule has 8 aromatic carbocycles. The summed E-state index contributed by atoms with van der Waals surface area (Å²) in [5.74, 6) is 0. The monoisotopic (exact) mass is 746 g/mol. The van der Waals surface area contributed by atoms with Gasteiger partial charge in [-0.15, -0.1) is 0 Å². The summed E-state index contributed by atoms with van der Waals surface area (Å²) in [5.41, 5.74) is 14.5. The van der Waals surface area contributed by atoms with Crippen LogP contribution in [0.4, 0.5) is 0 Å². The Morgan fingerprint density at radius 3 is 0.750 bits per heavy atom. The summed E-state index contributed by atoms with van der Waals surface area (Å²) in [7, 11) is -1.45. The van der Waals surface area contributed by atoms with E-state index < -0.39 is 8.07 Å². The molecular weight excluding hydrogens is 689 g/mol. The zero-order valence-electron chi connectivity index (χ0n) is 35.7. The molecule has 56 heavy (non-hydrogen) atoms. The first kappa shape index (κ1) is 37.9. The number of hydrogen-bond acceptors (Lipinski definition) is 0. The van der Waals surface area contributed by atoms with Crippen molar-refractivity contribution >= 4 is 45.6 Å². The molecule has 0 nitrogen and oxygen atoms in total. The van der Waals surface area contributed by atoms with Gasteiger partial charge in [0.15, 0.2) is 0 Å². The van der Waals surface area contributed by atoms with Gasteiger partial charge in [-0.3, -0.25) is 0 Å². The summed E-state index contributed by atoms with van der Waals surface area (Å²) in [6.07, 6.45) is 0. The lowest BCUT2D eigenvalue weighted by Gasteiger charge is -2.23. The maximum atomic E-state index is 2.47. The van der Waals surface area contributed by atoms with Gasteiger partial charge in [-0.25, -0.2) is 0 Å². The second kappa shape index (κ2) is 13.3. The van der Waals surface area contributed by atoms with E-state index in [4.69, 9.17) is 0 Å². The number of benzene rings is 8. The van der Waals surface area contributed by atoms with Crippen molar-refractivity contribution in [1.82, 2.24) is 0 Å². The van der Waals surface area contributed by atoms with Gasteiger partial charge in [-0.2, -0.15) is 0 Å². The van der Waals surface area contributed by atoms with Crippen LogP contribution in [-0.4, -0.2) is 8.07 Å². The van der Waals surface area contributed by atoms with Crippen LogP contribution in [0.3, 0.4) is 0 Å². The van der Waals surface area contributed by atoms with Crippen LogP contribution in [0.25, 0.3) is 76.8 Å². The van der Waals surface area contributed by atoms with Gasteiger partial charge in [-0.05, 0) is 122 Å². The van der Waals surface area contributed by atoms with Crippen LogP contribution in [0.5, 0.6) is 0 Å². The van der Waals surface area contributed by atoms with Crippen molar-refractivity contribution in [2.75, 3.05) is 0 Å². The number of hydrogen-bond donors (Lipinski definition) is 0. The standard InChI is InChI=1S/C55H58Si/c1-53(2,3)39-21-13-35(14-22-39)47-33-48(36-15-23-40(24-16-36)54(4,5)6)44-31-32-46-50(38-19-27-42(28-20-38)56(10,11)12)34-49(45-30-29-43(47)51(44)52(45)46)37-17-25-41(26-18-37)55(7,8)9/h13-34H,1-12H3. The molecule has 8 aromatic rings. The first-order valence-electron chi connectivity index (χ1n) is 20.5. The highest BCUT2D eigenvalue weighted by atomic mass is 28.3. The van der Waals surface area contributed by atoms with Crippen LogP contribution in [0, 0.1) is 0 Å². The Kier molecular flexibility index (Phi) is 9.01. The summed E-state index contributed by atoms with van der Waals surface area (Å²) in [5, 5.41) is 9.40. The molecule has 0 heterocycles. The lowest BCUT2D eigenvalue weighted by Crippen LogP contribution is -2.37. The summed E-state index contributed by atoms with van der Waals surface area (Å²) in [6, 6.07) is 52.1. The third kappa shape index (κ3) is 6.79. The minimum Gasteiger partial charge on any atom is -0.0656 e. The Bertz CT molecular complexity index is 2320. The molecule has 0 N–H and O–H groups in total. The third-order valence-corrected chi connectivity index (χ3v) is 14.2. The van der Waals surface area contributed by atoms with Gasteiger partial charge in [0.05, 0.1) is 8.07 Å². The van der Waals surface area contributed by atoms with Gasteiger partial charge in [-0.1, -0.05) is 208 Å².